The average Bonchev–Trinajstić information content (AvgIpc) is 2.42. The molecule has 0 spiro atoms. The van der Waals surface area contributed by atoms with Gasteiger partial charge in [-0.25, -0.2) is 0 Å². The highest BCUT2D eigenvalue weighted by Gasteiger charge is 2.18. The van der Waals surface area contributed by atoms with E-state index in [1.165, 1.54) is 16.7 Å². The first-order valence-corrected chi connectivity index (χ1v) is 7.41. The number of benzene rings is 1. The van der Waals surface area contributed by atoms with Gasteiger partial charge in [0.25, 0.3) is 0 Å². The maximum absolute atomic E-state index is 6.45. The molecule has 1 atom stereocenters. The maximum atomic E-state index is 6.45. The molecule has 0 amide bonds. The molecular formula is C17H21ClN2. The third kappa shape index (κ3) is 3.38. The van der Waals surface area contributed by atoms with Crippen molar-refractivity contribution in [2.45, 2.75) is 33.2 Å². The Bertz CT molecular complexity index is 581. The number of aromatic nitrogens is 1. The van der Waals surface area contributed by atoms with Gasteiger partial charge in [-0.05, 0) is 61.2 Å². The molecule has 0 fully saturated rings. The number of hydrogen-bond donors (Lipinski definition) is 1. The predicted octanol–water partition coefficient (Wildman–Crippen LogP) is 4.44. The van der Waals surface area contributed by atoms with Gasteiger partial charge in [-0.1, -0.05) is 30.7 Å². The molecule has 1 aromatic carbocycles. The maximum Gasteiger partial charge on any atom is 0.0609 e. The molecule has 2 rings (SSSR count). The molecule has 1 heterocycles. The van der Waals surface area contributed by atoms with Crippen LogP contribution in [0.3, 0.4) is 0 Å². The van der Waals surface area contributed by atoms with Crippen molar-refractivity contribution < 1.29 is 0 Å². The van der Waals surface area contributed by atoms with Gasteiger partial charge in [0.05, 0.1) is 6.04 Å². The summed E-state index contributed by atoms with van der Waals surface area (Å²) in [5, 5.41) is 4.39. The number of nitrogens with zero attached hydrogens (tertiary/aromatic N) is 1. The van der Waals surface area contributed by atoms with Crippen LogP contribution in [-0.4, -0.2) is 11.5 Å². The summed E-state index contributed by atoms with van der Waals surface area (Å²) in [6.07, 6.45) is 4.84. The van der Waals surface area contributed by atoms with Gasteiger partial charge in [-0.2, -0.15) is 0 Å². The van der Waals surface area contributed by atoms with E-state index in [1.807, 2.05) is 24.5 Å². The predicted molar refractivity (Wildman–Crippen MR) is 85.3 cm³/mol. The van der Waals surface area contributed by atoms with Gasteiger partial charge in [-0.3, -0.25) is 4.98 Å². The number of aryl methyl sites for hydroxylation is 2. The normalized spacial score (nSPS) is 12.4. The van der Waals surface area contributed by atoms with Crippen LogP contribution >= 0.6 is 11.6 Å². The molecule has 106 valence electrons. The summed E-state index contributed by atoms with van der Waals surface area (Å²) in [6.45, 7) is 7.28. The molecule has 0 saturated carbocycles. The highest BCUT2D eigenvalue weighted by atomic mass is 35.5. The molecule has 20 heavy (non-hydrogen) atoms. The number of nitrogens with one attached hydrogen (secondary N) is 1. The second-order valence-corrected chi connectivity index (χ2v) is 5.55. The monoisotopic (exact) mass is 288 g/mol. The Balaban J connectivity index is 2.44. The highest BCUT2D eigenvalue weighted by Crippen LogP contribution is 2.30. The summed E-state index contributed by atoms with van der Waals surface area (Å²) in [6, 6.07) is 8.36. The molecule has 0 saturated heterocycles. The first-order valence-electron chi connectivity index (χ1n) is 7.03. The Labute approximate surface area is 126 Å². The first-order chi connectivity index (χ1) is 9.63. The molecule has 1 N–H and O–H groups in total. The van der Waals surface area contributed by atoms with E-state index in [4.69, 9.17) is 11.6 Å². The molecule has 2 nitrogen and oxygen atoms in total. The van der Waals surface area contributed by atoms with Gasteiger partial charge in [0.15, 0.2) is 0 Å². The van der Waals surface area contributed by atoms with E-state index in [2.05, 4.69) is 43.2 Å². The van der Waals surface area contributed by atoms with E-state index in [1.54, 1.807) is 0 Å². The minimum atomic E-state index is 0.0942. The SMILES string of the molecule is CCCNC(c1cnccc1C)c1ccc(C)cc1Cl. The van der Waals surface area contributed by atoms with Gasteiger partial charge >= 0.3 is 0 Å². The summed E-state index contributed by atoms with van der Waals surface area (Å²) in [5.41, 5.74) is 4.70. The van der Waals surface area contributed by atoms with Crippen LogP contribution in [0.25, 0.3) is 0 Å². The van der Waals surface area contributed by atoms with Crippen LogP contribution in [0.1, 0.15) is 41.6 Å². The zero-order valence-corrected chi connectivity index (χ0v) is 13.0. The highest BCUT2D eigenvalue weighted by molar-refractivity contribution is 6.31. The van der Waals surface area contributed by atoms with Gasteiger partial charge in [-0.15, -0.1) is 0 Å². The third-order valence-electron chi connectivity index (χ3n) is 3.46. The minimum absolute atomic E-state index is 0.0942. The van der Waals surface area contributed by atoms with E-state index < -0.39 is 0 Å². The fourth-order valence-electron chi connectivity index (χ4n) is 2.32. The lowest BCUT2D eigenvalue weighted by Crippen LogP contribution is -2.24. The van der Waals surface area contributed by atoms with Crippen molar-refractivity contribution in [3.05, 3.63) is 63.9 Å². The topological polar surface area (TPSA) is 24.9 Å². The second-order valence-electron chi connectivity index (χ2n) is 5.14. The molecule has 2 aromatic rings. The molecule has 1 aromatic heterocycles. The molecule has 0 bridgehead atoms. The van der Waals surface area contributed by atoms with E-state index in [0.717, 1.165) is 23.6 Å². The van der Waals surface area contributed by atoms with Crippen LogP contribution < -0.4 is 5.32 Å². The summed E-state index contributed by atoms with van der Waals surface area (Å²) >= 11 is 6.45. The average molecular weight is 289 g/mol. The first kappa shape index (κ1) is 15.0. The van der Waals surface area contributed by atoms with Crippen molar-refractivity contribution >= 4 is 11.6 Å². The molecule has 3 heteroatoms. The standard InChI is InChI=1S/C17H21ClN2/c1-4-8-20-17(15-11-19-9-7-13(15)3)14-6-5-12(2)10-16(14)18/h5-7,9-11,17,20H,4,8H2,1-3H3. The number of halogens is 1. The third-order valence-corrected chi connectivity index (χ3v) is 3.78. The number of hydrogen-bond acceptors (Lipinski definition) is 2. The van der Waals surface area contributed by atoms with Crippen molar-refractivity contribution in [2.75, 3.05) is 6.54 Å². The Kier molecular flexibility index (Phi) is 5.16. The summed E-state index contributed by atoms with van der Waals surface area (Å²) in [7, 11) is 0. The van der Waals surface area contributed by atoms with Crippen molar-refractivity contribution in [1.82, 2.24) is 10.3 Å². The van der Waals surface area contributed by atoms with Crippen LogP contribution in [0.15, 0.2) is 36.7 Å². The van der Waals surface area contributed by atoms with Crippen LogP contribution in [0.5, 0.6) is 0 Å². The van der Waals surface area contributed by atoms with E-state index in [-0.39, 0.29) is 6.04 Å². The minimum Gasteiger partial charge on any atom is -0.306 e. The molecule has 0 radical (unpaired) electrons. The number of rotatable bonds is 5. The van der Waals surface area contributed by atoms with Crippen molar-refractivity contribution in [1.29, 1.82) is 0 Å². The summed E-state index contributed by atoms with van der Waals surface area (Å²) in [5.74, 6) is 0. The van der Waals surface area contributed by atoms with Crippen molar-refractivity contribution in [3.8, 4) is 0 Å². The van der Waals surface area contributed by atoms with E-state index in [9.17, 15) is 0 Å². The van der Waals surface area contributed by atoms with Crippen LogP contribution in [0, 0.1) is 13.8 Å². The lowest BCUT2D eigenvalue weighted by Gasteiger charge is -2.22. The van der Waals surface area contributed by atoms with Gasteiger partial charge in [0, 0.05) is 17.4 Å². The van der Waals surface area contributed by atoms with Crippen molar-refractivity contribution in [3.63, 3.8) is 0 Å². The molecular weight excluding hydrogens is 268 g/mol. The largest absolute Gasteiger partial charge is 0.306 e. The lowest BCUT2D eigenvalue weighted by molar-refractivity contribution is 0.594. The van der Waals surface area contributed by atoms with Gasteiger partial charge in [0.1, 0.15) is 0 Å². The van der Waals surface area contributed by atoms with Gasteiger partial charge < -0.3 is 5.32 Å². The smallest absolute Gasteiger partial charge is 0.0609 e. The Morgan fingerprint density at radius 1 is 1.20 bits per heavy atom. The van der Waals surface area contributed by atoms with E-state index >= 15 is 0 Å². The van der Waals surface area contributed by atoms with Crippen LogP contribution in [0.4, 0.5) is 0 Å². The zero-order chi connectivity index (χ0) is 14.5. The zero-order valence-electron chi connectivity index (χ0n) is 12.3. The van der Waals surface area contributed by atoms with Crippen LogP contribution in [0.2, 0.25) is 5.02 Å². The Morgan fingerprint density at radius 2 is 2.00 bits per heavy atom. The summed E-state index contributed by atoms with van der Waals surface area (Å²) in [4.78, 5) is 4.26. The fraction of sp³-hybridized carbons (Fsp3) is 0.353. The molecule has 1 unspecified atom stereocenters. The molecule has 0 aliphatic rings. The molecule has 0 aliphatic heterocycles. The van der Waals surface area contributed by atoms with E-state index in [0.29, 0.717) is 0 Å². The second kappa shape index (κ2) is 6.87. The molecule has 0 aliphatic carbocycles. The van der Waals surface area contributed by atoms with Crippen LogP contribution in [-0.2, 0) is 0 Å². The lowest BCUT2D eigenvalue weighted by atomic mass is 9.96. The Morgan fingerprint density at radius 3 is 2.65 bits per heavy atom. The fourth-order valence-corrected chi connectivity index (χ4v) is 2.67. The Hall–Kier alpha value is -1.38. The summed E-state index contributed by atoms with van der Waals surface area (Å²) < 4.78 is 0. The number of pyridine rings is 1. The quantitative estimate of drug-likeness (QED) is 0.880. The van der Waals surface area contributed by atoms with Crippen molar-refractivity contribution in [2.24, 2.45) is 0 Å². The van der Waals surface area contributed by atoms with Gasteiger partial charge in [0.2, 0.25) is 0 Å².